The van der Waals surface area contributed by atoms with Crippen LogP contribution in [0.25, 0.3) is 10.1 Å². The van der Waals surface area contributed by atoms with Crippen LogP contribution in [0.15, 0.2) is 48.7 Å². The van der Waals surface area contributed by atoms with Gasteiger partial charge in [-0.15, -0.1) is 0 Å². The number of hydrogen-bond donors (Lipinski definition) is 2. The summed E-state index contributed by atoms with van der Waals surface area (Å²) >= 11 is 6.83. The Bertz CT molecular complexity index is 763. The van der Waals surface area contributed by atoms with Gasteiger partial charge in [-0.3, -0.25) is 0 Å². The van der Waals surface area contributed by atoms with Crippen molar-refractivity contribution in [3.8, 4) is 0 Å². The van der Waals surface area contributed by atoms with E-state index in [1.54, 1.807) is 0 Å². The highest BCUT2D eigenvalue weighted by Crippen LogP contribution is 2.21. The Morgan fingerprint density at radius 3 is 2.81 bits per heavy atom. The smallest absolute Gasteiger partial charge is 0.171 e. The van der Waals surface area contributed by atoms with Crippen LogP contribution >= 0.6 is 23.8 Å². The minimum atomic E-state index is 0.623. The molecule has 0 bridgehead atoms. The monoisotopic (exact) mass is 313 g/mol. The van der Waals surface area contributed by atoms with Gasteiger partial charge in [0.2, 0.25) is 0 Å². The summed E-state index contributed by atoms with van der Waals surface area (Å²) in [5, 5.41) is 8.17. The second-order valence-electron chi connectivity index (χ2n) is 4.87. The van der Waals surface area contributed by atoms with Crippen LogP contribution in [0.4, 0.5) is 5.69 Å². The van der Waals surface area contributed by atoms with E-state index < -0.39 is 0 Å². The fourth-order valence-electron chi connectivity index (χ4n) is 2.01. The lowest BCUT2D eigenvalue weighted by molar-refractivity contribution is 0.925. The van der Waals surface area contributed by atoms with Gasteiger partial charge in [0.05, 0.1) is 4.70 Å². The molecule has 0 radical (unpaired) electrons. The van der Waals surface area contributed by atoms with Crippen LogP contribution in [-0.4, -0.2) is 9.49 Å². The molecule has 0 atom stereocenters. The molecule has 1 aromatic heterocycles. The summed E-state index contributed by atoms with van der Waals surface area (Å²) in [6.07, 6.45) is 1.87. The summed E-state index contributed by atoms with van der Waals surface area (Å²) in [7, 11) is 0. The van der Waals surface area contributed by atoms with Gasteiger partial charge in [-0.25, -0.2) is 0 Å². The maximum Gasteiger partial charge on any atom is 0.171 e. The molecule has 21 heavy (non-hydrogen) atoms. The predicted molar refractivity (Wildman–Crippen MR) is 93.9 cm³/mol. The summed E-state index contributed by atoms with van der Waals surface area (Å²) in [6, 6.07) is 14.5. The number of fused-ring (bicyclic) bond motifs is 1. The van der Waals surface area contributed by atoms with Crippen LogP contribution < -0.4 is 10.6 Å². The van der Waals surface area contributed by atoms with Crippen LogP contribution in [0, 0.1) is 6.92 Å². The van der Waals surface area contributed by atoms with E-state index >= 15 is 0 Å². The molecule has 3 nitrogen and oxygen atoms in total. The Morgan fingerprint density at radius 1 is 1.19 bits per heavy atom. The Hall–Kier alpha value is -1.98. The number of nitrogens with one attached hydrogen (secondary N) is 2. The zero-order valence-electron chi connectivity index (χ0n) is 11.6. The Kier molecular flexibility index (Phi) is 4.13. The normalized spacial score (nSPS) is 10.5. The van der Waals surface area contributed by atoms with Gasteiger partial charge in [-0.2, -0.15) is 4.37 Å². The van der Waals surface area contributed by atoms with Crippen molar-refractivity contribution >= 4 is 44.6 Å². The Morgan fingerprint density at radius 2 is 2.00 bits per heavy atom. The second kappa shape index (κ2) is 6.20. The Labute approximate surface area is 133 Å². The number of hydrogen-bond acceptors (Lipinski definition) is 3. The third-order valence-corrected chi connectivity index (χ3v) is 4.21. The molecule has 0 saturated carbocycles. The first-order valence-corrected chi connectivity index (χ1v) is 7.84. The molecular formula is C16H15N3S2. The molecular weight excluding hydrogens is 298 g/mol. The summed E-state index contributed by atoms with van der Waals surface area (Å²) < 4.78 is 5.35. The van der Waals surface area contributed by atoms with E-state index in [0.717, 1.165) is 11.1 Å². The number of rotatable bonds is 3. The highest BCUT2D eigenvalue weighted by molar-refractivity contribution is 7.80. The fourth-order valence-corrected chi connectivity index (χ4v) is 2.83. The molecule has 106 valence electrons. The van der Waals surface area contributed by atoms with Crippen LogP contribution in [0.2, 0.25) is 0 Å². The first kappa shape index (κ1) is 14.0. The van der Waals surface area contributed by atoms with E-state index in [0.29, 0.717) is 11.7 Å². The molecule has 2 N–H and O–H groups in total. The van der Waals surface area contributed by atoms with Gasteiger partial charge in [0, 0.05) is 23.8 Å². The average molecular weight is 313 g/mol. The lowest BCUT2D eigenvalue weighted by atomic mass is 10.1. The predicted octanol–water partition coefficient (Wildman–Crippen LogP) is 4.09. The van der Waals surface area contributed by atoms with Gasteiger partial charge in [-0.05, 0) is 54.4 Å². The van der Waals surface area contributed by atoms with Crippen molar-refractivity contribution in [2.24, 2.45) is 0 Å². The number of aromatic nitrogens is 1. The minimum Gasteiger partial charge on any atom is -0.358 e. The fraction of sp³-hybridized carbons (Fsp3) is 0.125. The molecule has 1 heterocycles. The third kappa shape index (κ3) is 3.56. The van der Waals surface area contributed by atoms with Crippen molar-refractivity contribution in [2.45, 2.75) is 13.5 Å². The summed E-state index contributed by atoms with van der Waals surface area (Å²) in [6.45, 7) is 2.80. The molecule has 0 fully saturated rings. The van der Waals surface area contributed by atoms with Crippen molar-refractivity contribution in [3.63, 3.8) is 0 Å². The largest absolute Gasteiger partial charge is 0.358 e. The third-order valence-electron chi connectivity index (χ3n) is 3.18. The van der Waals surface area contributed by atoms with Gasteiger partial charge in [0.1, 0.15) is 0 Å². The molecule has 0 aliphatic heterocycles. The molecule has 0 amide bonds. The van der Waals surface area contributed by atoms with Gasteiger partial charge < -0.3 is 10.6 Å². The zero-order valence-corrected chi connectivity index (χ0v) is 13.2. The van der Waals surface area contributed by atoms with E-state index in [-0.39, 0.29) is 0 Å². The maximum absolute atomic E-state index is 5.33. The number of nitrogens with zero attached hydrogens (tertiary/aromatic N) is 1. The lowest BCUT2D eigenvalue weighted by Crippen LogP contribution is -2.27. The van der Waals surface area contributed by atoms with E-state index in [9.17, 15) is 0 Å². The molecule has 0 unspecified atom stereocenters. The first-order chi connectivity index (χ1) is 10.2. The highest BCUT2D eigenvalue weighted by Gasteiger charge is 2.01. The Balaban J connectivity index is 1.59. The number of benzene rings is 2. The molecule has 0 spiro atoms. The van der Waals surface area contributed by atoms with Crippen molar-refractivity contribution in [2.75, 3.05) is 5.32 Å². The summed E-state index contributed by atoms with van der Waals surface area (Å²) in [5.74, 6) is 0. The van der Waals surface area contributed by atoms with E-state index in [1.165, 1.54) is 27.4 Å². The molecule has 0 aliphatic rings. The van der Waals surface area contributed by atoms with Gasteiger partial charge in [0.25, 0.3) is 0 Å². The maximum atomic E-state index is 5.33. The van der Waals surface area contributed by atoms with Gasteiger partial charge in [0.15, 0.2) is 5.11 Å². The zero-order chi connectivity index (χ0) is 14.7. The second-order valence-corrected chi connectivity index (χ2v) is 6.11. The SMILES string of the molecule is Cc1ccc(CNC(=S)Nc2ccc3sncc3c2)cc1. The van der Waals surface area contributed by atoms with Crippen LogP contribution in [-0.2, 0) is 6.54 Å². The minimum absolute atomic E-state index is 0.623. The quantitative estimate of drug-likeness (QED) is 0.714. The molecule has 3 aromatic rings. The van der Waals surface area contributed by atoms with E-state index in [1.807, 2.05) is 12.3 Å². The van der Waals surface area contributed by atoms with Crippen molar-refractivity contribution < 1.29 is 0 Å². The molecule has 5 heteroatoms. The van der Waals surface area contributed by atoms with Crippen LogP contribution in [0.5, 0.6) is 0 Å². The van der Waals surface area contributed by atoms with Crippen LogP contribution in [0.3, 0.4) is 0 Å². The topological polar surface area (TPSA) is 37.0 Å². The average Bonchev–Trinajstić information content (AvgIpc) is 2.94. The first-order valence-electron chi connectivity index (χ1n) is 6.65. The summed E-state index contributed by atoms with van der Waals surface area (Å²) in [4.78, 5) is 0. The molecule has 0 aliphatic carbocycles. The standard InChI is InChI=1S/C16H15N3S2/c1-11-2-4-12(5-3-11)9-17-16(20)19-14-6-7-15-13(8-14)10-18-21-15/h2-8,10H,9H2,1H3,(H2,17,19,20). The van der Waals surface area contributed by atoms with E-state index in [2.05, 4.69) is 58.3 Å². The highest BCUT2D eigenvalue weighted by atomic mass is 32.1. The summed E-state index contributed by atoms with van der Waals surface area (Å²) in [5.41, 5.74) is 3.45. The van der Waals surface area contributed by atoms with Crippen molar-refractivity contribution in [3.05, 3.63) is 59.8 Å². The molecule has 2 aromatic carbocycles. The van der Waals surface area contributed by atoms with Crippen molar-refractivity contribution in [1.82, 2.24) is 9.69 Å². The van der Waals surface area contributed by atoms with Crippen LogP contribution in [0.1, 0.15) is 11.1 Å². The van der Waals surface area contributed by atoms with Gasteiger partial charge >= 0.3 is 0 Å². The number of thiocarbonyl (C=S) groups is 1. The van der Waals surface area contributed by atoms with Gasteiger partial charge in [-0.1, -0.05) is 29.8 Å². The molecule has 3 rings (SSSR count). The number of anilines is 1. The molecule has 0 saturated heterocycles. The van der Waals surface area contributed by atoms with E-state index in [4.69, 9.17) is 12.2 Å². The number of aryl methyl sites for hydroxylation is 1. The lowest BCUT2D eigenvalue weighted by Gasteiger charge is -2.10. The van der Waals surface area contributed by atoms with Crippen molar-refractivity contribution in [1.29, 1.82) is 0 Å².